The van der Waals surface area contributed by atoms with E-state index in [9.17, 15) is 5.11 Å². The number of aromatic hydroxyl groups is 1. The fraction of sp³-hybridized carbons (Fsp3) is 0.0278. The first-order valence-electron chi connectivity index (χ1n) is 13.5. The van der Waals surface area contributed by atoms with Crippen LogP contribution in [0.2, 0.25) is 0 Å². The highest BCUT2D eigenvalue weighted by Gasteiger charge is 2.20. The lowest BCUT2D eigenvalue weighted by Gasteiger charge is -2.11. The average molecular weight is 531 g/mol. The molecule has 1 N–H and O–H groups in total. The third-order valence-electron chi connectivity index (χ3n) is 7.31. The Morgan fingerprint density at radius 2 is 1.39 bits per heavy atom. The van der Waals surface area contributed by atoms with Crippen molar-refractivity contribution in [2.75, 3.05) is 0 Å². The van der Waals surface area contributed by atoms with Crippen LogP contribution in [0.25, 0.3) is 61.6 Å². The van der Waals surface area contributed by atoms with Crippen LogP contribution in [0, 0.1) is 6.92 Å². The lowest BCUT2D eigenvalue weighted by Crippen LogP contribution is -1.98. The molecule has 0 atom stereocenters. The van der Waals surface area contributed by atoms with Crippen molar-refractivity contribution in [2.45, 2.75) is 6.92 Å². The van der Waals surface area contributed by atoms with Gasteiger partial charge in [0.1, 0.15) is 17.1 Å². The molecule has 5 heteroatoms. The van der Waals surface area contributed by atoms with Crippen LogP contribution in [0.5, 0.6) is 5.75 Å². The highest BCUT2D eigenvalue weighted by Crippen LogP contribution is 2.38. The van der Waals surface area contributed by atoms with Crippen LogP contribution in [0.1, 0.15) is 5.56 Å². The summed E-state index contributed by atoms with van der Waals surface area (Å²) in [7, 11) is 0. The van der Waals surface area contributed by atoms with Gasteiger partial charge in [0, 0.05) is 29.2 Å². The molecule has 196 valence electrons. The van der Waals surface area contributed by atoms with Gasteiger partial charge in [0.25, 0.3) is 0 Å². The molecule has 0 aliphatic carbocycles. The molecule has 0 saturated heterocycles. The minimum Gasteiger partial charge on any atom is -0.507 e. The van der Waals surface area contributed by atoms with E-state index in [0.29, 0.717) is 11.4 Å². The van der Waals surface area contributed by atoms with Crippen LogP contribution in [-0.2, 0) is 0 Å². The number of phenolic OH excluding ortho intramolecular Hbond substituents is 1. The van der Waals surface area contributed by atoms with Gasteiger partial charge < -0.3 is 5.11 Å². The maximum Gasteiger partial charge on any atom is 0.149 e. The predicted octanol–water partition coefficient (Wildman–Crippen LogP) is 8.50. The zero-order valence-corrected chi connectivity index (χ0v) is 22.4. The van der Waals surface area contributed by atoms with Crippen molar-refractivity contribution in [3.63, 3.8) is 0 Å². The Morgan fingerprint density at radius 3 is 2.22 bits per heavy atom. The third-order valence-corrected chi connectivity index (χ3v) is 7.31. The van der Waals surface area contributed by atoms with E-state index in [1.807, 2.05) is 98.3 Å². The van der Waals surface area contributed by atoms with Gasteiger partial charge in [-0.15, -0.1) is 0 Å². The molecule has 4 aromatic carbocycles. The molecule has 0 aliphatic heterocycles. The summed E-state index contributed by atoms with van der Waals surface area (Å²) < 4.78 is 2.06. The van der Waals surface area contributed by atoms with Gasteiger partial charge in [0.05, 0.1) is 23.0 Å². The van der Waals surface area contributed by atoms with E-state index in [2.05, 4.69) is 50.9 Å². The molecule has 7 aromatic rings. The minimum absolute atomic E-state index is 0.184. The van der Waals surface area contributed by atoms with E-state index in [1.54, 1.807) is 6.07 Å². The monoisotopic (exact) mass is 530 g/mol. The van der Waals surface area contributed by atoms with E-state index in [0.717, 1.165) is 55.8 Å². The number of aromatic nitrogens is 4. The van der Waals surface area contributed by atoms with E-state index in [-0.39, 0.29) is 5.75 Å². The van der Waals surface area contributed by atoms with Crippen molar-refractivity contribution in [3.8, 4) is 56.3 Å². The van der Waals surface area contributed by atoms with E-state index in [4.69, 9.17) is 4.98 Å². The number of para-hydroxylation sites is 1. The molecule has 0 amide bonds. The number of rotatable bonds is 5. The highest BCUT2D eigenvalue weighted by atomic mass is 16.3. The van der Waals surface area contributed by atoms with Crippen LogP contribution in [0.15, 0.2) is 134 Å². The third kappa shape index (κ3) is 4.53. The van der Waals surface area contributed by atoms with Gasteiger partial charge in [0.15, 0.2) is 0 Å². The summed E-state index contributed by atoms with van der Waals surface area (Å²) >= 11 is 0. The first-order chi connectivity index (χ1) is 20.2. The molecule has 3 aromatic heterocycles. The molecule has 0 spiro atoms. The molecule has 0 aliphatic rings. The summed E-state index contributed by atoms with van der Waals surface area (Å²) in [6, 6.07) is 38.5. The van der Waals surface area contributed by atoms with Gasteiger partial charge in [-0.2, -0.15) is 0 Å². The van der Waals surface area contributed by atoms with E-state index < -0.39 is 0 Å². The summed E-state index contributed by atoms with van der Waals surface area (Å²) in [6.45, 7) is 2.01. The van der Waals surface area contributed by atoms with Crippen LogP contribution < -0.4 is 0 Å². The molecule has 0 saturated carbocycles. The number of hydrogen-bond acceptors (Lipinski definition) is 4. The van der Waals surface area contributed by atoms with Crippen molar-refractivity contribution in [1.29, 1.82) is 0 Å². The Bertz CT molecular complexity index is 2010. The second kappa shape index (κ2) is 10.2. The normalized spacial score (nSPS) is 11.1. The zero-order chi connectivity index (χ0) is 27.8. The lowest BCUT2D eigenvalue weighted by molar-refractivity contribution is 0.476. The Hall–Kier alpha value is -5.55. The number of phenols is 1. The van der Waals surface area contributed by atoms with Gasteiger partial charge in [-0.25, -0.2) is 4.98 Å². The van der Waals surface area contributed by atoms with Crippen LogP contribution >= 0.6 is 0 Å². The molecular weight excluding hydrogens is 504 g/mol. The molecule has 0 unspecified atom stereocenters. The van der Waals surface area contributed by atoms with Gasteiger partial charge in [-0.3, -0.25) is 14.5 Å². The largest absolute Gasteiger partial charge is 0.507 e. The first-order valence-corrected chi connectivity index (χ1v) is 13.5. The molecule has 0 radical (unpaired) electrons. The van der Waals surface area contributed by atoms with Crippen molar-refractivity contribution < 1.29 is 5.11 Å². The molecule has 0 bridgehead atoms. The number of pyridine rings is 2. The van der Waals surface area contributed by atoms with Crippen LogP contribution in [-0.4, -0.2) is 24.6 Å². The van der Waals surface area contributed by atoms with Crippen molar-refractivity contribution in [1.82, 2.24) is 19.5 Å². The highest BCUT2D eigenvalue weighted by molar-refractivity contribution is 5.95. The van der Waals surface area contributed by atoms with Crippen molar-refractivity contribution >= 4 is 11.0 Å². The Morgan fingerprint density at radius 1 is 0.634 bits per heavy atom. The maximum absolute atomic E-state index is 10.9. The SMILES string of the molecule is Cc1ccc(O)c(-c2nc3c(-c4cccc(-c5cc(-c6ccccc6)ccn5)c4)cncc3n2-c2ccccc2)c1. The number of aryl methyl sites for hydroxylation is 1. The minimum atomic E-state index is 0.184. The maximum atomic E-state index is 10.9. The number of hydrogen-bond donors (Lipinski definition) is 1. The smallest absolute Gasteiger partial charge is 0.149 e. The fourth-order valence-corrected chi connectivity index (χ4v) is 5.30. The first kappa shape index (κ1) is 24.5. The number of imidazole rings is 1. The summed E-state index contributed by atoms with van der Waals surface area (Å²) in [4.78, 5) is 14.5. The second-order valence-corrected chi connectivity index (χ2v) is 10.1. The quantitative estimate of drug-likeness (QED) is 0.242. The molecular formula is C36H26N4O. The standard InChI is InChI=1S/C36H26N4O/c1-24-15-16-34(41)30(19-24)36-39-35-31(22-37-23-33(35)40(36)29-13-6-3-7-14-29)27-11-8-12-28(20-27)32-21-26(17-18-38-32)25-9-4-2-5-10-25/h2-23,41H,1H3. The predicted molar refractivity (Wildman–Crippen MR) is 165 cm³/mol. The van der Waals surface area contributed by atoms with Gasteiger partial charge >= 0.3 is 0 Å². The molecule has 5 nitrogen and oxygen atoms in total. The van der Waals surface area contributed by atoms with Crippen LogP contribution in [0.4, 0.5) is 0 Å². The molecule has 3 heterocycles. The topological polar surface area (TPSA) is 63.8 Å². The van der Waals surface area contributed by atoms with Crippen molar-refractivity contribution in [3.05, 3.63) is 139 Å². The Balaban J connectivity index is 1.40. The van der Waals surface area contributed by atoms with E-state index >= 15 is 0 Å². The summed E-state index contributed by atoms with van der Waals surface area (Å²) in [5.74, 6) is 0.846. The molecule has 7 rings (SSSR count). The van der Waals surface area contributed by atoms with E-state index in [1.165, 1.54) is 0 Å². The number of fused-ring (bicyclic) bond motifs is 1. The average Bonchev–Trinajstić information content (AvgIpc) is 3.43. The Labute approximate surface area is 238 Å². The number of nitrogens with zero attached hydrogens (tertiary/aromatic N) is 4. The van der Waals surface area contributed by atoms with Crippen LogP contribution in [0.3, 0.4) is 0 Å². The van der Waals surface area contributed by atoms with Gasteiger partial charge in [0.2, 0.25) is 0 Å². The second-order valence-electron chi connectivity index (χ2n) is 10.1. The zero-order valence-electron chi connectivity index (χ0n) is 22.4. The van der Waals surface area contributed by atoms with Crippen molar-refractivity contribution in [2.24, 2.45) is 0 Å². The number of benzene rings is 4. The van der Waals surface area contributed by atoms with Gasteiger partial charge in [-0.1, -0.05) is 78.4 Å². The summed E-state index contributed by atoms with van der Waals surface area (Å²) in [5, 5.41) is 10.9. The van der Waals surface area contributed by atoms with Gasteiger partial charge in [-0.05, 0) is 66.1 Å². The summed E-state index contributed by atoms with van der Waals surface area (Å²) in [5.41, 5.74) is 10.4. The lowest BCUT2D eigenvalue weighted by atomic mass is 10.00. The summed E-state index contributed by atoms with van der Waals surface area (Å²) in [6.07, 6.45) is 5.55. The molecule has 41 heavy (non-hydrogen) atoms. The molecule has 0 fully saturated rings. The fourth-order valence-electron chi connectivity index (χ4n) is 5.30. The Kier molecular flexibility index (Phi) is 6.10.